The Morgan fingerprint density at radius 2 is 2.04 bits per heavy atom. The standard InChI is InChI=1S/C18H20F2N6/c1-12-4-2-3-7-25(10-12)15-5-6-21-18(24-15)14-8-23-16-9-22-13(17(19)20)11-26(14)16/h5-6,8-9,11-12,17H,2-4,7,10H2,1H3. The van der Waals surface area contributed by atoms with Crippen molar-refractivity contribution in [2.24, 2.45) is 5.92 Å². The molecule has 3 aromatic rings. The minimum Gasteiger partial charge on any atom is -0.356 e. The van der Waals surface area contributed by atoms with Crippen LogP contribution in [0.15, 0.2) is 30.9 Å². The lowest BCUT2D eigenvalue weighted by molar-refractivity contribution is 0.145. The molecule has 26 heavy (non-hydrogen) atoms. The van der Waals surface area contributed by atoms with Crippen molar-refractivity contribution < 1.29 is 8.78 Å². The second kappa shape index (κ2) is 6.93. The number of hydrogen-bond donors (Lipinski definition) is 0. The molecule has 1 aliphatic heterocycles. The Labute approximate surface area is 149 Å². The summed E-state index contributed by atoms with van der Waals surface area (Å²) in [5.74, 6) is 1.95. The SMILES string of the molecule is CC1CCCCN(c2ccnc(-c3cnc4cnc(C(F)F)cn34)n2)C1. The van der Waals surface area contributed by atoms with Gasteiger partial charge in [-0.05, 0) is 24.8 Å². The molecule has 1 saturated heterocycles. The number of fused-ring (bicyclic) bond motifs is 1. The van der Waals surface area contributed by atoms with Gasteiger partial charge in [0.25, 0.3) is 6.43 Å². The Morgan fingerprint density at radius 1 is 1.15 bits per heavy atom. The predicted octanol–water partition coefficient (Wildman–Crippen LogP) is 3.75. The van der Waals surface area contributed by atoms with E-state index < -0.39 is 6.43 Å². The van der Waals surface area contributed by atoms with Gasteiger partial charge in [-0.3, -0.25) is 4.40 Å². The van der Waals surface area contributed by atoms with E-state index in [1.54, 1.807) is 16.8 Å². The second-order valence-corrected chi connectivity index (χ2v) is 6.77. The first-order valence-electron chi connectivity index (χ1n) is 8.81. The van der Waals surface area contributed by atoms with E-state index in [9.17, 15) is 8.78 Å². The molecule has 0 bridgehead atoms. The molecule has 1 unspecified atom stereocenters. The lowest BCUT2D eigenvalue weighted by Gasteiger charge is -2.23. The Morgan fingerprint density at radius 3 is 2.88 bits per heavy atom. The first-order chi connectivity index (χ1) is 12.6. The van der Waals surface area contributed by atoms with Crippen LogP contribution in [0, 0.1) is 5.92 Å². The third kappa shape index (κ3) is 3.23. The van der Waals surface area contributed by atoms with E-state index in [1.807, 2.05) is 6.07 Å². The van der Waals surface area contributed by atoms with E-state index in [2.05, 4.69) is 31.8 Å². The second-order valence-electron chi connectivity index (χ2n) is 6.77. The molecule has 4 heterocycles. The van der Waals surface area contributed by atoms with Gasteiger partial charge in [0.1, 0.15) is 17.2 Å². The van der Waals surface area contributed by atoms with Gasteiger partial charge in [0.15, 0.2) is 11.5 Å². The lowest BCUT2D eigenvalue weighted by atomic mass is 10.1. The first kappa shape index (κ1) is 16.8. The molecule has 3 aromatic heterocycles. The maximum atomic E-state index is 13.0. The Kier molecular flexibility index (Phi) is 4.48. The molecule has 1 atom stereocenters. The van der Waals surface area contributed by atoms with Gasteiger partial charge in [0.05, 0.1) is 12.4 Å². The highest BCUT2D eigenvalue weighted by Gasteiger charge is 2.18. The molecule has 8 heteroatoms. The Bertz CT molecular complexity index is 910. The van der Waals surface area contributed by atoms with E-state index in [-0.39, 0.29) is 5.69 Å². The van der Waals surface area contributed by atoms with Crippen LogP contribution >= 0.6 is 0 Å². The molecule has 1 aliphatic rings. The smallest absolute Gasteiger partial charge is 0.281 e. The van der Waals surface area contributed by atoms with Crippen LogP contribution in [0.2, 0.25) is 0 Å². The van der Waals surface area contributed by atoms with Crippen LogP contribution < -0.4 is 4.90 Å². The maximum Gasteiger partial charge on any atom is 0.281 e. The van der Waals surface area contributed by atoms with Crippen LogP contribution in [0.4, 0.5) is 14.6 Å². The van der Waals surface area contributed by atoms with E-state index in [0.717, 1.165) is 25.3 Å². The lowest BCUT2D eigenvalue weighted by Crippen LogP contribution is -2.28. The van der Waals surface area contributed by atoms with Crippen molar-refractivity contribution in [2.75, 3.05) is 18.0 Å². The summed E-state index contributed by atoms with van der Waals surface area (Å²) in [4.78, 5) is 19.3. The van der Waals surface area contributed by atoms with Gasteiger partial charge >= 0.3 is 0 Å². The van der Waals surface area contributed by atoms with Crippen molar-refractivity contribution in [2.45, 2.75) is 32.6 Å². The molecule has 0 aliphatic carbocycles. The van der Waals surface area contributed by atoms with Gasteiger partial charge in [0.2, 0.25) is 0 Å². The zero-order valence-electron chi connectivity index (χ0n) is 14.5. The number of imidazole rings is 1. The van der Waals surface area contributed by atoms with Gasteiger partial charge in [0, 0.05) is 25.5 Å². The fourth-order valence-corrected chi connectivity index (χ4v) is 3.39. The number of rotatable bonds is 3. The van der Waals surface area contributed by atoms with Crippen LogP contribution in [0.1, 0.15) is 38.3 Å². The molecule has 0 saturated carbocycles. The minimum atomic E-state index is -2.64. The molecule has 136 valence electrons. The number of alkyl halides is 2. The van der Waals surface area contributed by atoms with Gasteiger partial charge in [-0.15, -0.1) is 0 Å². The van der Waals surface area contributed by atoms with Crippen molar-refractivity contribution in [3.05, 3.63) is 36.5 Å². The molecular weight excluding hydrogens is 338 g/mol. The first-order valence-corrected chi connectivity index (χ1v) is 8.81. The average Bonchev–Trinajstić information content (AvgIpc) is 2.95. The molecule has 0 amide bonds. The van der Waals surface area contributed by atoms with Crippen molar-refractivity contribution in [1.82, 2.24) is 24.3 Å². The average molecular weight is 358 g/mol. The van der Waals surface area contributed by atoms with Gasteiger partial charge in [-0.1, -0.05) is 13.3 Å². The topological polar surface area (TPSA) is 59.2 Å². The van der Waals surface area contributed by atoms with Crippen molar-refractivity contribution >= 4 is 11.5 Å². The molecular formula is C18H20F2N6. The maximum absolute atomic E-state index is 13.0. The molecule has 0 aromatic carbocycles. The van der Waals surface area contributed by atoms with Crippen LogP contribution in [0.5, 0.6) is 0 Å². The monoisotopic (exact) mass is 358 g/mol. The van der Waals surface area contributed by atoms with Crippen LogP contribution in [-0.2, 0) is 0 Å². The van der Waals surface area contributed by atoms with E-state index in [4.69, 9.17) is 0 Å². The van der Waals surface area contributed by atoms with Crippen molar-refractivity contribution in [3.8, 4) is 11.5 Å². The molecule has 1 fully saturated rings. The summed E-state index contributed by atoms with van der Waals surface area (Å²) in [7, 11) is 0. The molecule has 0 N–H and O–H groups in total. The van der Waals surface area contributed by atoms with Crippen molar-refractivity contribution in [1.29, 1.82) is 0 Å². The van der Waals surface area contributed by atoms with Gasteiger partial charge < -0.3 is 4.90 Å². The minimum absolute atomic E-state index is 0.297. The van der Waals surface area contributed by atoms with Gasteiger partial charge in [-0.25, -0.2) is 28.7 Å². The Balaban J connectivity index is 1.72. The number of nitrogens with zero attached hydrogens (tertiary/aromatic N) is 6. The number of anilines is 1. The Hall–Kier alpha value is -2.64. The third-order valence-corrected chi connectivity index (χ3v) is 4.74. The summed E-state index contributed by atoms with van der Waals surface area (Å²) < 4.78 is 27.5. The number of hydrogen-bond acceptors (Lipinski definition) is 5. The van der Waals surface area contributed by atoms with Crippen molar-refractivity contribution in [3.63, 3.8) is 0 Å². The zero-order valence-corrected chi connectivity index (χ0v) is 14.5. The van der Waals surface area contributed by atoms with Gasteiger partial charge in [-0.2, -0.15) is 0 Å². The quantitative estimate of drug-likeness (QED) is 0.714. The van der Waals surface area contributed by atoms with Crippen LogP contribution in [-0.4, -0.2) is 37.4 Å². The van der Waals surface area contributed by atoms with E-state index in [0.29, 0.717) is 23.1 Å². The zero-order chi connectivity index (χ0) is 18.1. The predicted molar refractivity (Wildman–Crippen MR) is 94.2 cm³/mol. The third-order valence-electron chi connectivity index (χ3n) is 4.74. The molecule has 0 spiro atoms. The summed E-state index contributed by atoms with van der Waals surface area (Å²) in [5, 5.41) is 0. The molecule has 4 rings (SSSR count). The normalized spacial score (nSPS) is 18.5. The summed E-state index contributed by atoms with van der Waals surface area (Å²) in [5.41, 5.74) is 0.769. The number of aromatic nitrogens is 5. The summed E-state index contributed by atoms with van der Waals surface area (Å²) in [6, 6.07) is 1.90. The summed E-state index contributed by atoms with van der Waals surface area (Å²) >= 11 is 0. The molecule has 6 nitrogen and oxygen atoms in total. The highest BCUT2D eigenvalue weighted by atomic mass is 19.3. The summed E-state index contributed by atoms with van der Waals surface area (Å²) in [6.07, 6.45) is 6.90. The fourth-order valence-electron chi connectivity index (χ4n) is 3.39. The van der Waals surface area contributed by atoms with E-state index >= 15 is 0 Å². The largest absolute Gasteiger partial charge is 0.356 e. The highest BCUT2D eigenvalue weighted by molar-refractivity contribution is 5.58. The fraction of sp³-hybridized carbons (Fsp3) is 0.444. The highest BCUT2D eigenvalue weighted by Crippen LogP contribution is 2.24. The summed E-state index contributed by atoms with van der Waals surface area (Å²) in [6.45, 7) is 4.18. The van der Waals surface area contributed by atoms with E-state index in [1.165, 1.54) is 25.2 Å². The molecule has 0 radical (unpaired) electrons. The number of halogens is 2. The van der Waals surface area contributed by atoms with Crippen LogP contribution in [0.25, 0.3) is 17.2 Å². The van der Waals surface area contributed by atoms with Crippen LogP contribution in [0.3, 0.4) is 0 Å².